The fourth-order valence-electron chi connectivity index (χ4n) is 3.97. The number of fused-ring (bicyclic) bond motifs is 1. The zero-order valence-electron chi connectivity index (χ0n) is 16.8. The fourth-order valence-corrected chi connectivity index (χ4v) is 3.97. The van der Waals surface area contributed by atoms with E-state index in [-0.39, 0.29) is 0 Å². The highest BCUT2D eigenvalue weighted by Crippen LogP contribution is 2.30. The summed E-state index contributed by atoms with van der Waals surface area (Å²) in [5.74, 6) is 0.975. The molecule has 0 radical (unpaired) electrons. The molecule has 0 fully saturated rings. The van der Waals surface area contributed by atoms with E-state index in [1.165, 1.54) is 27.5 Å². The van der Waals surface area contributed by atoms with Crippen molar-refractivity contribution < 1.29 is 0 Å². The lowest BCUT2D eigenvalue weighted by Crippen LogP contribution is -2.12. The quantitative estimate of drug-likeness (QED) is 0.519. The Kier molecular flexibility index (Phi) is 5.09. The molecule has 3 aromatic rings. The summed E-state index contributed by atoms with van der Waals surface area (Å²) in [4.78, 5) is 9.09. The van der Waals surface area contributed by atoms with Gasteiger partial charge in [-0.3, -0.25) is 4.99 Å². The van der Waals surface area contributed by atoms with Crippen LogP contribution in [0.25, 0.3) is 21.9 Å². The van der Waals surface area contributed by atoms with Crippen molar-refractivity contribution in [2.24, 2.45) is 9.98 Å². The molecule has 0 spiro atoms. The first-order chi connectivity index (χ1) is 14.9. The van der Waals surface area contributed by atoms with E-state index in [2.05, 4.69) is 100 Å². The second-order valence-electron chi connectivity index (χ2n) is 7.49. The second-order valence-corrected chi connectivity index (χ2v) is 7.49. The van der Waals surface area contributed by atoms with E-state index in [1.807, 2.05) is 12.4 Å². The molecule has 2 aliphatic rings. The number of rotatable bonds is 3. The van der Waals surface area contributed by atoms with Gasteiger partial charge in [-0.1, -0.05) is 66.7 Å². The van der Waals surface area contributed by atoms with E-state index in [1.54, 1.807) is 0 Å². The zero-order chi connectivity index (χ0) is 20.2. The van der Waals surface area contributed by atoms with Crippen molar-refractivity contribution in [3.05, 3.63) is 103 Å². The molecule has 2 heterocycles. The summed E-state index contributed by atoms with van der Waals surface area (Å²) < 4.78 is 0. The second kappa shape index (κ2) is 8.34. The van der Waals surface area contributed by atoms with Crippen molar-refractivity contribution in [2.45, 2.75) is 19.3 Å². The molecule has 5 rings (SSSR count). The average molecular weight is 390 g/mol. The molecule has 3 nitrogen and oxygen atoms in total. The number of hydrogen-bond acceptors (Lipinski definition) is 3. The van der Waals surface area contributed by atoms with Crippen LogP contribution in [0.5, 0.6) is 0 Å². The Bertz CT molecular complexity index is 1240. The highest BCUT2D eigenvalue weighted by Gasteiger charge is 2.09. The van der Waals surface area contributed by atoms with Crippen molar-refractivity contribution in [3.8, 4) is 11.1 Å². The van der Waals surface area contributed by atoms with Crippen molar-refractivity contribution in [2.75, 3.05) is 5.32 Å². The van der Waals surface area contributed by atoms with Gasteiger partial charge in [0.25, 0.3) is 0 Å². The van der Waals surface area contributed by atoms with Gasteiger partial charge in [-0.15, -0.1) is 0 Å². The van der Waals surface area contributed by atoms with Crippen LogP contribution in [0, 0.1) is 0 Å². The molecule has 0 atom stereocenters. The van der Waals surface area contributed by atoms with Gasteiger partial charge in [-0.05, 0) is 52.1 Å². The monoisotopic (exact) mass is 389 g/mol. The molecule has 0 amide bonds. The van der Waals surface area contributed by atoms with Gasteiger partial charge in [0, 0.05) is 30.9 Å². The number of allylic oxidation sites excluding steroid dienone is 4. The predicted molar refractivity (Wildman–Crippen MR) is 128 cm³/mol. The zero-order valence-corrected chi connectivity index (χ0v) is 16.8. The van der Waals surface area contributed by atoms with Gasteiger partial charge in [-0.2, -0.15) is 0 Å². The third kappa shape index (κ3) is 3.87. The van der Waals surface area contributed by atoms with Crippen LogP contribution in [0.2, 0.25) is 0 Å². The first kappa shape index (κ1) is 18.3. The summed E-state index contributed by atoms with van der Waals surface area (Å²) >= 11 is 0. The summed E-state index contributed by atoms with van der Waals surface area (Å²) in [5, 5.41) is 6.04. The van der Waals surface area contributed by atoms with Gasteiger partial charge in [0.1, 0.15) is 5.84 Å². The van der Waals surface area contributed by atoms with Gasteiger partial charge in [-0.25, -0.2) is 4.99 Å². The summed E-state index contributed by atoms with van der Waals surface area (Å²) in [5.41, 5.74) is 5.81. The molecule has 0 saturated carbocycles. The Morgan fingerprint density at radius 3 is 2.67 bits per heavy atom. The highest BCUT2D eigenvalue weighted by atomic mass is 15.0. The Morgan fingerprint density at radius 2 is 1.73 bits per heavy atom. The van der Waals surface area contributed by atoms with E-state index in [0.717, 1.165) is 36.5 Å². The van der Waals surface area contributed by atoms with E-state index < -0.39 is 0 Å². The molecule has 2 aliphatic heterocycles. The van der Waals surface area contributed by atoms with Crippen LogP contribution in [-0.2, 0) is 0 Å². The lowest BCUT2D eigenvalue weighted by atomic mass is 9.98. The van der Waals surface area contributed by atoms with Gasteiger partial charge >= 0.3 is 0 Å². The SMILES string of the molecule is C1=CN=C(C2=C/CCC(Nc3cccc(-c4cccc5ccccc45)c3)=N/C=C\2)C1. The van der Waals surface area contributed by atoms with Crippen LogP contribution >= 0.6 is 0 Å². The van der Waals surface area contributed by atoms with Gasteiger partial charge in [0.05, 0.1) is 5.71 Å². The van der Waals surface area contributed by atoms with Crippen LogP contribution in [0.1, 0.15) is 19.3 Å². The van der Waals surface area contributed by atoms with Crippen LogP contribution in [0.3, 0.4) is 0 Å². The van der Waals surface area contributed by atoms with Gasteiger partial charge in [0.2, 0.25) is 0 Å². The van der Waals surface area contributed by atoms with E-state index >= 15 is 0 Å². The molecule has 0 saturated heterocycles. The van der Waals surface area contributed by atoms with Crippen LogP contribution in [0.4, 0.5) is 5.69 Å². The van der Waals surface area contributed by atoms with E-state index in [4.69, 9.17) is 0 Å². The number of anilines is 1. The summed E-state index contributed by atoms with van der Waals surface area (Å²) in [6, 6.07) is 23.5. The molecular weight excluding hydrogens is 366 g/mol. The Balaban J connectivity index is 1.38. The van der Waals surface area contributed by atoms with Crippen LogP contribution in [0.15, 0.2) is 113 Å². The largest absolute Gasteiger partial charge is 0.344 e. The minimum atomic E-state index is 0.868. The summed E-state index contributed by atoms with van der Waals surface area (Å²) in [6.45, 7) is 0. The van der Waals surface area contributed by atoms with Gasteiger partial charge < -0.3 is 5.32 Å². The molecule has 1 N–H and O–H groups in total. The molecule has 146 valence electrons. The maximum atomic E-state index is 4.66. The standard InChI is InChI=1S/C27H23N3/c1-2-12-24-20(7-1)8-4-13-25(24)22-10-3-11-23(19-22)30-27-15-5-9-21(16-18-29-27)26-14-6-17-28-26/h1-4,6-13,16-19H,5,14-15H2,(H,29,30)/b18-16-,21-9+. The molecule has 30 heavy (non-hydrogen) atoms. The number of amidine groups is 1. The molecule has 3 aromatic carbocycles. The van der Waals surface area contributed by atoms with Crippen molar-refractivity contribution in [1.82, 2.24) is 0 Å². The van der Waals surface area contributed by atoms with Crippen LogP contribution < -0.4 is 5.32 Å². The Hall–Kier alpha value is -3.72. The van der Waals surface area contributed by atoms with Crippen LogP contribution in [-0.4, -0.2) is 11.5 Å². The summed E-state index contributed by atoms with van der Waals surface area (Å²) in [6.07, 6.45) is 12.9. The third-order valence-electron chi connectivity index (χ3n) is 5.46. The fraction of sp³-hybridized carbons (Fsp3) is 0.111. The molecule has 0 aliphatic carbocycles. The number of benzene rings is 3. The minimum Gasteiger partial charge on any atom is -0.344 e. The maximum Gasteiger partial charge on any atom is 0.106 e. The number of nitrogens with zero attached hydrogens (tertiary/aromatic N) is 2. The van der Waals surface area contributed by atoms with E-state index in [0.29, 0.717) is 0 Å². The molecular formula is C27H23N3. The maximum absolute atomic E-state index is 4.66. The highest BCUT2D eigenvalue weighted by molar-refractivity contribution is 6.05. The first-order valence-electron chi connectivity index (χ1n) is 10.4. The molecule has 0 unspecified atom stereocenters. The lowest BCUT2D eigenvalue weighted by molar-refractivity contribution is 1.07. The third-order valence-corrected chi connectivity index (χ3v) is 5.46. The molecule has 0 bridgehead atoms. The Morgan fingerprint density at radius 1 is 0.833 bits per heavy atom. The molecule has 3 heteroatoms. The smallest absolute Gasteiger partial charge is 0.106 e. The Labute approximate surface area is 176 Å². The number of aliphatic imine (C=N–C) groups is 2. The van der Waals surface area contributed by atoms with Crippen molar-refractivity contribution in [3.63, 3.8) is 0 Å². The number of hydrogen-bond donors (Lipinski definition) is 1. The predicted octanol–water partition coefficient (Wildman–Crippen LogP) is 6.91. The first-order valence-corrected chi connectivity index (χ1v) is 10.4. The summed E-state index contributed by atoms with van der Waals surface area (Å²) in [7, 11) is 0. The number of nitrogens with one attached hydrogen (secondary N) is 1. The van der Waals surface area contributed by atoms with E-state index in [9.17, 15) is 0 Å². The molecule has 0 aromatic heterocycles. The average Bonchev–Trinajstić information content (AvgIpc) is 3.30. The van der Waals surface area contributed by atoms with Crippen molar-refractivity contribution >= 4 is 28.0 Å². The van der Waals surface area contributed by atoms with Gasteiger partial charge in [0.15, 0.2) is 0 Å². The minimum absolute atomic E-state index is 0.868. The lowest BCUT2D eigenvalue weighted by Gasteiger charge is -2.13. The normalized spacial score (nSPS) is 18.7. The van der Waals surface area contributed by atoms with Crippen molar-refractivity contribution in [1.29, 1.82) is 0 Å². The topological polar surface area (TPSA) is 36.8 Å².